The number of carbonyl (C=O) groups is 2. The maximum Gasteiger partial charge on any atom is 0.305 e. The van der Waals surface area contributed by atoms with Crippen molar-refractivity contribution in [2.75, 3.05) is 0 Å². The molecule has 0 spiro atoms. The minimum atomic E-state index is -0.937. The standard InChI is InChI=1S/C18H22N2O4/c1-3-18(4-2,11-17(23)24)19-16(22)12-20-10-9-15(21)13-7-5-6-8-14(13)20/h5-10H,3-4,11-12H2,1-2H3,(H,19,22)(H,23,24). The highest BCUT2D eigenvalue weighted by Gasteiger charge is 2.30. The van der Waals surface area contributed by atoms with E-state index in [2.05, 4.69) is 5.32 Å². The van der Waals surface area contributed by atoms with Gasteiger partial charge in [0.1, 0.15) is 6.54 Å². The van der Waals surface area contributed by atoms with Gasteiger partial charge >= 0.3 is 5.97 Å². The maximum absolute atomic E-state index is 12.5. The lowest BCUT2D eigenvalue weighted by atomic mass is 9.89. The topological polar surface area (TPSA) is 88.4 Å². The summed E-state index contributed by atoms with van der Waals surface area (Å²) in [5.41, 5.74) is -0.167. The van der Waals surface area contributed by atoms with Gasteiger partial charge in [-0.05, 0) is 25.0 Å². The lowest BCUT2D eigenvalue weighted by molar-refractivity contribution is -0.139. The third-order valence-corrected chi connectivity index (χ3v) is 4.45. The quantitative estimate of drug-likeness (QED) is 0.814. The first-order valence-electron chi connectivity index (χ1n) is 8.02. The van der Waals surface area contributed by atoms with E-state index in [0.717, 1.165) is 0 Å². The molecular formula is C18H22N2O4. The highest BCUT2D eigenvalue weighted by atomic mass is 16.4. The fourth-order valence-electron chi connectivity index (χ4n) is 2.90. The van der Waals surface area contributed by atoms with E-state index in [1.807, 2.05) is 19.9 Å². The van der Waals surface area contributed by atoms with Crippen LogP contribution in [0.4, 0.5) is 0 Å². The summed E-state index contributed by atoms with van der Waals surface area (Å²) in [5.74, 6) is -1.21. The van der Waals surface area contributed by atoms with E-state index in [1.165, 1.54) is 6.07 Å². The molecule has 0 fully saturated rings. The number of carbonyl (C=O) groups excluding carboxylic acids is 1. The molecule has 24 heavy (non-hydrogen) atoms. The third kappa shape index (κ3) is 3.82. The average Bonchev–Trinajstić information content (AvgIpc) is 2.56. The van der Waals surface area contributed by atoms with E-state index >= 15 is 0 Å². The number of aliphatic carboxylic acids is 1. The van der Waals surface area contributed by atoms with Gasteiger partial charge in [0.2, 0.25) is 5.91 Å². The van der Waals surface area contributed by atoms with E-state index in [1.54, 1.807) is 29.0 Å². The minimum Gasteiger partial charge on any atom is -0.481 e. The van der Waals surface area contributed by atoms with Crippen LogP contribution in [0.5, 0.6) is 0 Å². The van der Waals surface area contributed by atoms with Crippen LogP contribution < -0.4 is 10.7 Å². The maximum atomic E-state index is 12.5. The minimum absolute atomic E-state index is 0.0299. The Hall–Kier alpha value is -2.63. The Kier molecular flexibility index (Phi) is 5.39. The van der Waals surface area contributed by atoms with Crippen molar-refractivity contribution < 1.29 is 14.7 Å². The molecule has 1 amide bonds. The first-order chi connectivity index (χ1) is 11.4. The summed E-state index contributed by atoms with van der Waals surface area (Å²) >= 11 is 0. The van der Waals surface area contributed by atoms with Crippen molar-refractivity contribution in [2.24, 2.45) is 0 Å². The SMILES string of the molecule is CCC(CC)(CC(=O)O)NC(=O)Cn1ccc(=O)c2ccccc21. The Morgan fingerprint density at radius 3 is 2.46 bits per heavy atom. The van der Waals surface area contributed by atoms with Crippen LogP contribution in [0.3, 0.4) is 0 Å². The lowest BCUT2D eigenvalue weighted by Crippen LogP contribution is -2.50. The van der Waals surface area contributed by atoms with Crippen molar-refractivity contribution in [2.45, 2.75) is 45.2 Å². The molecule has 0 aliphatic heterocycles. The second-order valence-corrected chi connectivity index (χ2v) is 5.93. The Bertz CT molecular complexity index is 806. The van der Waals surface area contributed by atoms with Gasteiger partial charge in [0, 0.05) is 17.6 Å². The van der Waals surface area contributed by atoms with Gasteiger partial charge < -0.3 is 15.0 Å². The van der Waals surface area contributed by atoms with Gasteiger partial charge in [-0.2, -0.15) is 0 Å². The molecule has 1 aromatic carbocycles. The molecule has 0 saturated carbocycles. The number of carboxylic acid groups (broad SMARTS) is 1. The second kappa shape index (κ2) is 7.29. The van der Waals surface area contributed by atoms with Crippen LogP contribution in [-0.4, -0.2) is 27.1 Å². The number of nitrogens with one attached hydrogen (secondary N) is 1. The predicted octanol–water partition coefficient (Wildman–Crippen LogP) is 2.15. The highest BCUT2D eigenvalue weighted by Crippen LogP contribution is 2.20. The molecule has 0 bridgehead atoms. The predicted molar refractivity (Wildman–Crippen MR) is 91.9 cm³/mol. The van der Waals surface area contributed by atoms with Gasteiger partial charge in [-0.25, -0.2) is 0 Å². The van der Waals surface area contributed by atoms with Gasteiger partial charge in [0.05, 0.1) is 17.5 Å². The third-order valence-electron chi connectivity index (χ3n) is 4.45. The van der Waals surface area contributed by atoms with Crippen LogP contribution in [0.25, 0.3) is 10.9 Å². The average molecular weight is 330 g/mol. The number of carboxylic acids is 1. The summed E-state index contributed by atoms with van der Waals surface area (Å²) in [6.07, 6.45) is 2.54. The number of fused-ring (bicyclic) bond motifs is 1. The van der Waals surface area contributed by atoms with E-state index in [4.69, 9.17) is 5.11 Å². The van der Waals surface area contributed by atoms with E-state index in [0.29, 0.717) is 23.7 Å². The number of nitrogens with zero attached hydrogens (tertiary/aromatic N) is 1. The first kappa shape index (κ1) is 17.7. The molecular weight excluding hydrogens is 308 g/mol. The Morgan fingerprint density at radius 1 is 1.17 bits per heavy atom. The molecule has 0 aliphatic carbocycles. The van der Waals surface area contributed by atoms with Crippen LogP contribution in [-0.2, 0) is 16.1 Å². The van der Waals surface area contributed by atoms with Gasteiger partial charge in [-0.1, -0.05) is 26.0 Å². The summed E-state index contributed by atoms with van der Waals surface area (Å²) in [6, 6.07) is 8.52. The molecule has 6 nitrogen and oxygen atoms in total. The smallest absolute Gasteiger partial charge is 0.305 e. The Morgan fingerprint density at radius 2 is 1.83 bits per heavy atom. The molecule has 1 heterocycles. The first-order valence-corrected chi connectivity index (χ1v) is 8.02. The number of amides is 1. The molecule has 2 N–H and O–H groups in total. The van der Waals surface area contributed by atoms with Crippen LogP contribution in [0.15, 0.2) is 41.3 Å². The van der Waals surface area contributed by atoms with Gasteiger partial charge in [-0.3, -0.25) is 14.4 Å². The van der Waals surface area contributed by atoms with Crippen LogP contribution in [0.2, 0.25) is 0 Å². The second-order valence-electron chi connectivity index (χ2n) is 5.93. The molecule has 0 saturated heterocycles. The number of hydrogen-bond donors (Lipinski definition) is 2. The van der Waals surface area contributed by atoms with Crippen molar-refractivity contribution in [3.63, 3.8) is 0 Å². The van der Waals surface area contributed by atoms with E-state index in [-0.39, 0.29) is 24.3 Å². The molecule has 2 rings (SSSR count). The number of hydrogen-bond acceptors (Lipinski definition) is 3. The normalized spacial score (nSPS) is 11.4. The Balaban J connectivity index is 2.25. The fraction of sp³-hybridized carbons (Fsp3) is 0.389. The zero-order valence-electron chi connectivity index (χ0n) is 13.9. The number of benzene rings is 1. The Labute approximate surface area is 140 Å². The zero-order chi connectivity index (χ0) is 17.7. The molecule has 1 aromatic heterocycles. The highest BCUT2D eigenvalue weighted by molar-refractivity contribution is 5.83. The summed E-state index contributed by atoms with van der Waals surface area (Å²) in [6.45, 7) is 3.76. The van der Waals surface area contributed by atoms with Crippen molar-refractivity contribution in [1.82, 2.24) is 9.88 Å². The van der Waals surface area contributed by atoms with Crippen molar-refractivity contribution in [1.29, 1.82) is 0 Å². The summed E-state index contributed by atoms with van der Waals surface area (Å²) < 4.78 is 1.70. The van der Waals surface area contributed by atoms with Crippen molar-refractivity contribution in [3.8, 4) is 0 Å². The fourth-order valence-corrected chi connectivity index (χ4v) is 2.90. The van der Waals surface area contributed by atoms with E-state index < -0.39 is 11.5 Å². The van der Waals surface area contributed by atoms with Gasteiger partial charge in [0.25, 0.3) is 0 Å². The largest absolute Gasteiger partial charge is 0.481 e. The van der Waals surface area contributed by atoms with Crippen molar-refractivity contribution >= 4 is 22.8 Å². The summed E-state index contributed by atoms with van der Waals surface area (Å²) in [5, 5.41) is 12.5. The molecule has 0 aliphatic rings. The molecule has 2 aromatic rings. The summed E-state index contributed by atoms with van der Waals surface area (Å²) in [7, 11) is 0. The van der Waals surface area contributed by atoms with Crippen LogP contribution in [0, 0.1) is 0 Å². The summed E-state index contributed by atoms with van der Waals surface area (Å²) in [4.78, 5) is 35.4. The van der Waals surface area contributed by atoms with Crippen molar-refractivity contribution in [3.05, 3.63) is 46.8 Å². The molecule has 0 atom stereocenters. The van der Waals surface area contributed by atoms with Crippen LogP contribution >= 0.6 is 0 Å². The number of pyridine rings is 1. The van der Waals surface area contributed by atoms with Gasteiger partial charge in [-0.15, -0.1) is 0 Å². The molecule has 128 valence electrons. The van der Waals surface area contributed by atoms with Gasteiger partial charge in [0.15, 0.2) is 5.43 Å². The number of para-hydroxylation sites is 1. The monoisotopic (exact) mass is 330 g/mol. The zero-order valence-corrected chi connectivity index (χ0v) is 13.9. The molecule has 6 heteroatoms. The number of rotatable bonds is 7. The lowest BCUT2D eigenvalue weighted by Gasteiger charge is -2.31. The number of aromatic nitrogens is 1. The van der Waals surface area contributed by atoms with Crippen LogP contribution in [0.1, 0.15) is 33.1 Å². The molecule has 0 unspecified atom stereocenters. The molecule has 0 radical (unpaired) electrons. The van der Waals surface area contributed by atoms with E-state index in [9.17, 15) is 14.4 Å².